The summed E-state index contributed by atoms with van der Waals surface area (Å²) in [6, 6.07) is 0.585. The molecule has 0 aromatic carbocycles. The van der Waals surface area contributed by atoms with Crippen molar-refractivity contribution >= 4 is 0 Å². The van der Waals surface area contributed by atoms with Gasteiger partial charge in [0.05, 0.1) is 5.60 Å². The zero-order valence-corrected chi connectivity index (χ0v) is 9.25. The van der Waals surface area contributed by atoms with Crippen LogP contribution in [0.2, 0.25) is 0 Å². The molecule has 0 bridgehead atoms. The number of rotatable bonds is 4. The second-order valence-electron chi connectivity index (χ2n) is 4.37. The van der Waals surface area contributed by atoms with Gasteiger partial charge in [0, 0.05) is 24.8 Å². The quantitative estimate of drug-likeness (QED) is 0.651. The first-order valence-corrected chi connectivity index (χ1v) is 4.95. The van der Waals surface area contributed by atoms with Crippen LogP contribution in [0.3, 0.4) is 0 Å². The number of nitrogens with zero attached hydrogens (tertiary/aromatic N) is 1. The van der Waals surface area contributed by atoms with Crippen LogP contribution in [0.15, 0.2) is 24.4 Å². The first-order chi connectivity index (χ1) is 6.42. The second-order valence-corrected chi connectivity index (χ2v) is 4.37. The van der Waals surface area contributed by atoms with Gasteiger partial charge >= 0.3 is 0 Å². The lowest BCUT2D eigenvalue weighted by Crippen LogP contribution is -2.55. The molecule has 80 valence electrons. The van der Waals surface area contributed by atoms with E-state index in [0.717, 1.165) is 18.8 Å². The first-order valence-electron chi connectivity index (χ1n) is 4.95. The molecule has 0 aromatic rings. The molecule has 0 amide bonds. The Morgan fingerprint density at radius 2 is 2.14 bits per heavy atom. The highest BCUT2D eigenvalue weighted by Gasteiger charge is 2.24. The minimum absolute atomic E-state index is 0.585. The third kappa shape index (κ3) is 3.16. The smallest absolute Gasteiger partial charge is 0.0775 e. The maximum absolute atomic E-state index is 9.48. The zero-order chi connectivity index (χ0) is 10.8. The Labute approximate surface area is 86.1 Å². The van der Waals surface area contributed by atoms with Gasteiger partial charge in [0.2, 0.25) is 0 Å². The Kier molecular flexibility index (Phi) is 3.34. The average molecular weight is 196 g/mol. The maximum Gasteiger partial charge on any atom is 0.0775 e. The summed E-state index contributed by atoms with van der Waals surface area (Å²) in [5.74, 6) is 0. The van der Waals surface area contributed by atoms with Crippen LogP contribution in [0, 0.1) is 0 Å². The molecular weight excluding hydrogens is 176 g/mol. The monoisotopic (exact) mass is 196 g/mol. The molecule has 1 rings (SSSR count). The van der Waals surface area contributed by atoms with Crippen LogP contribution in [0.4, 0.5) is 0 Å². The minimum Gasteiger partial charge on any atom is -0.386 e. The summed E-state index contributed by atoms with van der Waals surface area (Å²) in [6.45, 7) is 9.47. The summed E-state index contributed by atoms with van der Waals surface area (Å²) in [5, 5.41) is 12.7. The Bertz CT molecular complexity index is 234. The molecule has 0 saturated carbocycles. The minimum atomic E-state index is -0.754. The number of aliphatic hydroxyl groups is 1. The normalized spacial score (nSPS) is 18.7. The fraction of sp³-hybridized carbons (Fsp3) is 0.636. The number of nitrogens with one attached hydrogen (secondary N) is 1. The number of hydrogen-bond acceptors (Lipinski definition) is 3. The van der Waals surface area contributed by atoms with Crippen LogP contribution in [-0.2, 0) is 0 Å². The van der Waals surface area contributed by atoms with E-state index in [-0.39, 0.29) is 0 Å². The van der Waals surface area contributed by atoms with Crippen LogP contribution in [0.5, 0.6) is 0 Å². The SMILES string of the molecule is C=C(/C=C/C(C)(C)O)N1CC(NC)C1. The second kappa shape index (κ2) is 4.15. The van der Waals surface area contributed by atoms with E-state index < -0.39 is 5.60 Å². The van der Waals surface area contributed by atoms with Crippen molar-refractivity contribution in [3.63, 3.8) is 0 Å². The largest absolute Gasteiger partial charge is 0.386 e. The van der Waals surface area contributed by atoms with Crippen molar-refractivity contribution in [2.24, 2.45) is 0 Å². The molecule has 0 aliphatic carbocycles. The molecule has 14 heavy (non-hydrogen) atoms. The van der Waals surface area contributed by atoms with Gasteiger partial charge in [-0.15, -0.1) is 0 Å². The lowest BCUT2D eigenvalue weighted by molar-refractivity contribution is 0.132. The zero-order valence-electron chi connectivity index (χ0n) is 9.25. The van der Waals surface area contributed by atoms with E-state index in [2.05, 4.69) is 16.8 Å². The molecule has 3 heteroatoms. The summed E-state index contributed by atoms with van der Waals surface area (Å²) in [7, 11) is 1.97. The molecule has 0 aromatic heterocycles. The van der Waals surface area contributed by atoms with Gasteiger partial charge in [0.25, 0.3) is 0 Å². The van der Waals surface area contributed by atoms with Gasteiger partial charge in [0.1, 0.15) is 0 Å². The van der Waals surface area contributed by atoms with Crippen molar-refractivity contribution in [2.45, 2.75) is 25.5 Å². The van der Waals surface area contributed by atoms with E-state index in [1.165, 1.54) is 0 Å². The van der Waals surface area contributed by atoms with Crippen molar-refractivity contribution < 1.29 is 5.11 Å². The molecule has 0 radical (unpaired) electrons. The average Bonchev–Trinajstić information content (AvgIpc) is 1.97. The highest BCUT2D eigenvalue weighted by Crippen LogP contribution is 2.15. The van der Waals surface area contributed by atoms with E-state index >= 15 is 0 Å². The predicted molar refractivity (Wildman–Crippen MR) is 59.0 cm³/mol. The van der Waals surface area contributed by atoms with E-state index in [9.17, 15) is 5.11 Å². The highest BCUT2D eigenvalue weighted by atomic mass is 16.3. The fourth-order valence-electron chi connectivity index (χ4n) is 1.30. The molecule has 0 spiro atoms. The number of hydrogen-bond donors (Lipinski definition) is 2. The Balaban J connectivity index is 2.34. The molecule has 1 aliphatic rings. The van der Waals surface area contributed by atoms with Crippen molar-refractivity contribution in [1.29, 1.82) is 0 Å². The van der Waals surface area contributed by atoms with Gasteiger partial charge in [-0.1, -0.05) is 12.7 Å². The van der Waals surface area contributed by atoms with Crippen LogP contribution >= 0.6 is 0 Å². The first kappa shape index (κ1) is 11.3. The maximum atomic E-state index is 9.48. The number of likely N-dealkylation sites (tertiary alicyclic amines) is 1. The summed E-state index contributed by atoms with van der Waals surface area (Å²) in [5.41, 5.74) is 0.217. The number of allylic oxidation sites excluding steroid dienone is 1. The van der Waals surface area contributed by atoms with E-state index in [1.807, 2.05) is 13.1 Å². The fourth-order valence-corrected chi connectivity index (χ4v) is 1.30. The molecule has 0 atom stereocenters. The molecule has 1 saturated heterocycles. The molecular formula is C11H20N2O. The molecule has 0 unspecified atom stereocenters. The van der Waals surface area contributed by atoms with Gasteiger partial charge in [-0.3, -0.25) is 0 Å². The van der Waals surface area contributed by atoms with E-state index in [0.29, 0.717) is 6.04 Å². The Hall–Kier alpha value is -0.800. The summed E-state index contributed by atoms with van der Waals surface area (Å²) < 4.78 is 0. The van der Waals surface area contributed by atoms with Crippen molar-refractivity contribution in [3.8, 4) is 0 Å². The Morgan fingerprint density at radius 3 is 2.57 bits per heavy atom. The standard InChI is InChI=1S/C11H20N2O/c1-9(5-6-11(2,3)14)13-7-10(8-13)12-4/h5-6,10,12,14H,1,7-8H2,2-4H3/b6-5+. The topological polar surface area (TPSA) is 35.5 Å². The van der Waals surface area contributed by atoms with Crippen molar-refractivity contribution in [2.75, 3.05) is 20.1 Å². The predicted octanol–water partition coefficient (Wildman–Crippen LogP) is 0.731. The molecule has 1 fully saturated rings. The van der Waals surface area contributed by atoms with Crippen molar-refractivity contribution in [3.05, 3.63) is 24.4 Å². The van der Waals surface area contributed by atoms with Gasteiger partial charge in [-0.2, -0.15) is 0 Å². The third-order valence-corrected chi connectivity index (χ3v) is 2.38. The van der Waals surface area contributed by atoms with Crippen LogP contribution in [0.25, 0.3) is 0 Å². The lowest BCUT2D eigenvalue weighted by Gasteiger charge is -2.41. The van der Waals surface area contributed by atoms with Gasteiger partial charge in [0.15, 0.2) is 0 Å². The molecule has 3 nitrogen and oxygen atoms in total. The van der Waals surface area contributed by atoms with E-state index in [1.54, 1.807) is 19.9 Å². The van der Waals surface area contributed by atoms with Gasteiger partial charge < -0.3 is 15.3 Å². The summed E-state index contributed by atoms with van der Waals surface area (Å²) in [6.07, 6.45) is 3.65. The van der Waals surface area contributed by atoms with Crippen LogP contribution in [0.1, 0.15) is 13.8 Å². The third-order valence-electron chi connectivity index (χ3n) is 2.38. The van der Waals surface area contributed by atoms with Gasteiger partial charge in [-0.05, 0) is 27.0 Å². The van der Waals surface area contributed by atoms with Crippen LogP contribution in [-0.4, -0.2) is 41.8 Å². The highest BCUT2D eigenvalue weighted by molar-refractivity contribution is 5.19. The number of likely N-dealkylation sites (N-methyl/N-ethyl adjacent to an activating group) is 1. The Morgan fingerprint density at radius 1 is 1.57 bits per heavy atom. The molecule has 1 heterocycles. The summed E-state index contributed by atoms with van der Waals surface area (Å²) >= 11 is 0. The summed E-state index contributed by atoms with van der Waals surface area (Å²) in [4.78, 5) is 2.18. The van der Waals surface area contributed by atoms with Crippen molar-refractivity contribution in [1.82, 2.24) is 10.2 Å². The van der Waals surface area contributed by atoms with Gasteiger partial charge in [-0.25, -0.2) is 0 Å². The van der Waals surface area contributed by atoms with Crippen LogP contribution < -0.4 is 5.32 Å². The lowest BCUT2D eigenvalue weighted by atomic mass is 10.1. The molecule has 1 aliphatic heterocycles. The van der Waals surface area contributed by atoms with E-state index in [4.69, 9.17) is 0 Å². The molecule has 2 N–H and O–H groups in total.